The van der Waals surface area contributed by atoms with Crippen molar-refractivity contribution in [3.63, 3.8) is 0 Å². The maximum absolute atomic E-state index is 12.0. The predicted octanol–water partition coefficient (Wildman–Crippen LogP) is 9.37. The molecule has 276 valence electrons. The summed E-state index contributed by atoms with van der Waals surface area (Å²) in [5.41, 5.74) is 0. The number of ether oxygens (including phenoxy) is 1. The van der Waals surface area contributed by atoms with Gasteiger partial charge in [-0.05, 0) is 57.8 Å². The molecule has 0 aromatic carbocycles. The molecule has 0 spiro atoms. The normalized spacial score (nSPS) is 14.2. The lowest BCUT2D eigenvalue weighted by molar-refractivity contribution is -0.147. The van der Waals surface area contributed by atoms with E-state index in [9.17, 15) is 24.2 Å². The van der Waals surface area contributed by atoms with E-state index in [1.54, 1.807) is 0 Å². The number of hydrogen-bond acceptors (Lipinski definition) is 7. The minimum atomic E-state index is -4.41. The number of aliphatic hydroxyl groups is 1. The van der Waals surface area contributed by atoms with Crippen molar-refractivity contribution in [1.82, 2.24) is 5.32 Å². The summed E-state index contributed by atoms with van der Waals surface area (Å²) in [5.74, 6) is -0.551. The van der Waals surface area contributed by atoms with Gasteiger partial charge in [0.25, 0.3) is 0 Å². The Bertz CT molecular complexity index is 976. The zero-order valence-electron chi connectivity index (χ0n) is 29.9. The molecule has 0 heterocycles. The van der Waals surface area contributed by atoms with E-state index in [2.05, 4.69) is 79.9 Å². The lowest BCUT2D eigenvalue weighted by atomic mass is 10.1. The van der Waals surface area contributed by atoms with Crippen molar-refractivity contribution in [2.24, 2.45) is 0 Å². The third-order valence-electron chi connectivity index (χ3n) is 7.21. The smallest absolute Gasteiger partial charge is 0.463 e. The van der Waals surface area contributed by atoms with E-state index in [4.69, 9.17) is 13.8 Å². The second kappa shape index (κ2) is 34.6. The minimum absolute atomic E-state index is 0.0764. The van der Waals surface area contributed by atoms with Gasteiger partial charge in [0.2, 0.25) is 5.91 Å². The molecular formula is C38H66NO8P. The van der Waals surface area contributed by atoms with Crippen molar-refractivity contribution in [3.05, 3.63) is 60.8 Å². The number of phosphoric ester groups is 1. The molecule has 10 heteroatoms. The van der Waals surface area contributed by atoms with Gasteiger partial charge in [-0.15, -0.1) is 0 Å². The van der Waals surface area contributed by atoms with Gasteiger partial charge in [0.05, 0.1) is 13.2 Å². The summed E-state index contributed by atoms with van der Waals surface area (Å²) in [7, 11) is -4.41. The monoisotopic (exact) mass is 695 g/mol. The second-order valence-corrected chi connectivity index (χ2v) is 13.3. The second-order valence-electron chi connectivity index (χ2n) is 11.8. The number of carbonyl (C=O) groups excluding carboxylic acids is 2. The molecule has 0 rings (SSSR count). The molecule has 0 radical (unpaired) electrons. The molecule has 0 aliphatic carbocycles. The zero-order valence-corrected chi connectivity index (χ0v) is 30.8. The summed E-state index contributed by atoms with van der Waals surface area (Å²) >= 11 is 0. The van der Waals surface area contributed by atoms with Crippen LogP contribution < -0.4 is 5.32 Å². The lowest BCUT2D eigenvalue weighted by Gasteiger charge is -2.15. The van der Waals surface area contributed by atoms with E-state index < -0.39 is 26.5 Å². The number of allylic oxidation sites excluding steroid dienone is 10. The Morgan fingerprint density at radius 3 is 1.79 bits per heavy atom. The summed E-state index contributed by atoms with van der Waals surface area (Å²) in [4.78, 5) is 33.5. The molecule has 0 aliphatic rings. The van der Waals surface area contributed by atoms with Crippen LogP contribution in [0.15, 0.2) is 60.8 Å². The minimum Gasteiger partial charge on any atom is -0.463 e. The van der Waals surface area contributed by atoms with Gasteiger partial charge in [0, 0.05) is 19.4 Å². The number of unbranched alkanes of at least 4 members (excludes halogenated alkanes) is 10. The largest absolute Gasteiger partial charge is 0.472 e. The van der Waals surface area contributed by atoms with Crippen molar-refractivity contribution in [1.29, 1.82) is 0 Å². The van der Waals surface area contributed by atoms with E-state index in [-0.39, 0.29) is 32.1 Å². The first-order valence-electron chi connectivity index (χ1n) is 18.3. The molecule has 1 amide bonds. The van der Waals surface area contributed by atoms with Gasteiger partial charge < -0.3 is 20.1 Å². The molecule has 9 nitrogen and oxygen atoms in total. The summed E-state index contributed by atoms with van der Waals surface area (Å²) < 4.78 is 26.6. The van der Waals surface area contributed by atoms with Crippen LogP contribution in [0.2, 0.25) is 0 Å². The first-order valence-corrected chi connectivity index (χ1v) is 19.8. The molecule has 0 aromatic rings. The van der Waals surface area contributed by atoms with Gasteiger partial charge in [-0.2, -0.15) is 0 Å². The van der Waals surface area contributed by atoms with Crippen LogP contribution in [0, 0.1) is 0 Å². The van der Waals surface area contributed by atoms with Crippen LogP contribution in [-0.4, -0.2) is 54.3 Å². The van der Waals surface area contributed by atoms with Gasteiger partial charge >= 0.3 is 13.8 Å². The molecule has 0 aromatic heterocycles. The highest BCUT2D eigenvalue weighted by atomic mass is 31.2. The maximum Gasteiger partial charge on any atom is 0.472 e. The predicted molar refractivity (Wildman–Crippen MR) is 196 cm³/mol. The summed E-state index contributed by atoms with van der Waals surface area (Å²) in [6.45, 7) is 3.32. The Balaban J connectivity index is 3.68. The standard InChI is InChI=1S/C38H66NO8P/c1-3-5-7-9-11-12-13-14-15-16-17-18-19-20-21-22-23-24-25-27-29-31-38(42)45-34-36(40)35-47-48(43,44)46-33-32-39-37(41)30-28-26-10-8-6-4-2/h5,7,11-12,14-15,17-18,20-21,36,40H,3-4,6,8-10,13,16,19,22-35H2,1-2H3,(H,39,41)(H,43,44)/b7-5-,12-11-,15-14-,18-17-,21-20-. The number of carbonyl (C=O) groups is 2. The van der Waals surface area contributed by atoms with E-state index in [0.717, 1.165) is 83.5 Å². The summed E-state index contributed by atoms with van der Waals surface area (Å²) in [5, 5.41) is 12.6. The third kappa shape index (κ3) is 35.0. The maximum atomic E-state index is 12.0. The molecule has 2 atom stereocenters. The number of amides is 1. The van der Waals surface area contributed by atoms with Crippen LogP contribution in [0.4, 0.5) is 0 Å². The Labute approximate surface area is 291 Å². The molecule has 0 saturated carbocycles. The first-order chi connectivity index (χ1) is 23.3. The van der Waals surface area contributed by atoms with Crippen LogP contribution in [-0.2, 0) is 27.9 Å². The van der Waals surface area contributed by atoms with Gasteiger partial charge in [0.15, 0.2) is 0 Å². The van der Waals surface area contributed by atoms with Crippen LogP contribution in [0.25, 0.3) is 0 Å². The zero-order chi connectivity index (χ0) is 35.4. The fraction of sp³-hybridized carbons (Fsp3) is 0.684. The first kappa shape index (κ1) is 45.7. The van der Waals surface area contributed by atoms with Gasteiger partial charge in [-0.3, -0.25) is 18.6 Å². The van der Waals surface area contributed by atoms with Crippen molar-refractivity contribution in [2.45, 2.75) is 142 Å². The molecular weight excluding hydrogens is 629 g/mol. The summed E-state index contributed by atoms with van der Waals surface area (Å²) in [6.07, 6.45) is 38.9. The van der Waals surface area contributed by atoms with Crippen molar-refractivity contribution in [3.8, 4) is 0 Å². The van der Waals surface area contributed by atoms with Gasteiger partial charge in [-0.1, -0.05) is 126 Å². The molecule has 0 bridgehead atoms. The third-order valence-corrected chi connectivity index (χ3v) is 8.20. The van der Waals surface area contributed by atoms with Crippen LogP contribution in [0.3, 0.4) is 0 Å². The highest BCUT2D eigenvalue weighted by molar-refractivity contribution is 7.47. The number of esters is 1. The van der Waals surface area contributed by atoms with Crippen LogP contribution in [0.1, 0.15) is 136 Å². The quantitative estimate of drug-likeness (QED) is 0.0268. The van der Waals surface area contributed by atoms with E-state index in [0.29, 0.717) is 12.8 Å². The van der Waals surface area contributed by atoms with Gasteiger partial charge in [-0.25, -0.2) is 4.57 Å². The number of rotatable bonds is 33. The Kier molecular flexibility index (Phi) is 32.9. The molecule has 0 saturated heterocycles. The van der Waals surface area contributed by atoms with Gasteiger partial charge in [0.1, 0.15) is 12.7 Å². The van der Waals surface area contributed by atoms with Crippen molar-refractivity contribution in [2.75, 3.05) is 26.4 Å². The number of phosphoric acid groups is 1. The van der Waals surface area contributed by atoms with E-state index in [1.807, 2.05) is 0 Å². The van der Waals surface area contributed by atoms with Crippen LogP contribution in [0.5, 0.6) is 0 Å². The Hall–Kier alpha value is -2.29. The Morgan fingerprint density at radius 1 is 0.667 bits per heavy atom. The number of aliphatic hydroxyl groups excluding tert-OH is 1. The molecule has 48 heavy (non-hydrogen) atoms. The molecule has 2 unspecified atom stereocenters. The Morgan fingerprint density at radius 2 is 1.19 bits per heavy atom. The highest BCUT2D eigenvalue weighted by Crippen LogP contribution is 2.42. The topological polar surface area (TPSA) is 131 Å². The van der Waals surface area contributed by atoms with Crippen LogP contribution >= 0.6 is 7.82 Å². The molecule has 0 fully saturated rings. The van der Waals surface area contributed by atoms with E-state index in [1.165, 1.54) is 19.3 Å². The molecule has 0 aliphatic heterocycles. The average molecular weight is 696 g/mol. The fourth-order valence-electron chi connectivity index (χ4n) is 4.46. The molecule has 3 N–H and O–H groups in total. The number of hydrogen-bond donors (Lipinski definition) is 3. The van der Waals surface area contributed by atoms with E-state index >= 15 is 0 Å². The lowest BCUT2D eigenvalue weighted by Crippen LogP contribution is -2.27. The highest BCUT2D eigenvalue weighted by Gasteiger charge is 2.23. The fourth-order valence-corrected chi connectivity index (χ4v) is 5.22. The van der Waals surface area contributed by atoms with Crippen molar-refractivity contribution >= 4 is 19.7 Å². The van der Waals surface area contributed by atoms with Crippen molar-refractivity contribution < 1.29 is 37.9 Å². The average Bonchev–Trinajstić information content (AvgIpc) is 3.07. The SMILES string of the molecule is CC/C=C\C/C=C\C/C=C\C/C=C\C/C=C\CCCCCCCC(=O)OCC(O)COP(=O)(O)OCCNC(=O)CCCCCCCC. The number of nitrogens with one attached hydrogen (secondary N) is 1. The summed E-state index contributed by atoms with van der Waals surface area (Å²) in [6, 6.07) is 0.